The Balaban J connectivity index is 1.93. The van der Waals surface area contributed by atoms with Crippen molar-refractivity contribution in [3.63, 3.8) is 0 Å². The van der Waals surface area contributed by atoms with Crippen molar-refractivity contribution in [2.75, 3.05) is 13.6 Å². The van der Waals surface area contributed by atoms with Crippen LogP contribution in [0.3, 0.4) is 0 Å². The Bertz CT molecular complexity index is 512. The predicted octanol–water partition coefficient (Wildman–Crippen LogP) is 1.04. The normalized spacial score (nSPS) is 10.3. The van der Waals surface area contributed by atoms with E-state index in [0.717, 1.165) is 16.4 Å². The highest BCUT2D eigenvalue weighted by Gasteiger charge is 2.05. The molecule has 2 N–H and O–H groups in total. The van der Waals surface area contributed by atoms with E-state index in [1.165, 1.54) is 0 Å². The predicted molar refractivity (Wildman–Crippen MR) is 71.1 cm³/mol. The molecule has 0 aliphatic heterocycles. The van der Waals surface area contributed by atoms with Gasteiger partial charge >= 0.3 is 0 Å². The fourth-order valence-corrected chi connectivity index (χ4v) is 2.18. The van der Waals surface area contributed by atoms with E-state index in [2.05, 4.69) is 20.6 Å². The van der Waals surface area contributed by atoms with E-state index in [0.29, 0.717) is 13.1 Å². The van der Waals surface area contributed by atoms with Crippen molar-refractivity contribution in [2.24, 2.45) is 0 Å². The van der Waals surface area contributed by atoms with Gasteiger partial charge < -0.3 is 10.6 Å². The number of hydrogen-bond acceptors (Lipinski definition) is 5. The molecule has 0 atom stereocenters. The highest BCUT2D eigenvalue weighted by molar-refractivity contribution is 7.13. The van der Waals surface area contributed by atoms with Crippen LogP contribution >= 0.6 is 11.3 Å². The summed E-state index contributed by atoms with van der Waals surface area (Å²) in [6.45, 7) is 0.879. The lowest BCUT2D eigenvalue weighted by Crippen LogP contribution is -2.31. The molecule has 1 amide bonds. The molecule has 0 fully saturated rings. The Morgan fingerprint density at radius 2 is 2.33 bits per heavy atom. The lowest BCUT2D eigenvalue weighted by atomic mass is 10.3. The van der Waals surface area contributed by atoms with Gasteiger partial charge in [0.2, 0.25) is 5.91 Å². The summed E-state index contributed by atoms with van der Waals surface area (Å²) in [6, 6.07) is 5.75. The monoisotopic (exact) mass is 262 g/mol. The average Bonchev–Trinajstić information content (AvgIpc) is 2.88. The molecule has 0 radical (unpaired) electrons. The quantitative estimate of drug-likeness (QED) is 0.845. The van der Waals surface area contributed by atoms with Crippen molar-refractivity contribution in [3.05, 3.63) is 35.5 Å². The van der Waals surface area contributed by atoms with Gasteiger partial charge in [-0.1, -0.05) is 6.07 Å². The molecule has 0 spiro atoms. The lowest BCUT2D eigenvalue weighted by Gasteiger charge is -2.00. The van der Waals surface area contributed by atoms with E-state index in [1.807, 2.05) is 23.6 Å². The molecule has 0 saturated carbocycles. The first-order chi connectivity index (χ1) is 8.79. The molecule has 18 heavy (non-hydrogen) atoms. The summed E-state index contributed by atoms with van der Waals surface area (Å²) in [5.74, 6) is -0.0322. The first kappa shape index (κ1) is 12.7. The summed E-state index contributed by atoms with van der Waals surface area (Å²) in [6.07, 6.45) is 1.75. The Labute approximate surface area is 109 Å². The second kappa shape index (κ2) is 6.23. The summed E-state index contributed by atoms with van der Waals surface area (Å²) < 4.78 is 0. The van der Waals surface area contributed by atoms with Crippen LogP contribution in [0.5, 0.6) is 0 Å². The largest absolute Gasteiger partial charge is 0.358 e. The summed E-state index contributed by atoms with van der Waals surface area (Å²) >= 11 is 1.55. The molecule has 94 valence electrons. The number of pyridine rings is 1. The zero-order valence-electron chi connectivity index (χ0n) is 10.0. The van der Waals surface area contributed by atoms with E-state index in [4.69, 9.17) is 0 Å². The molecule has 5 nitrogen and oxygen atoms in total. The summed E-state index contributed by atoms with van der Waals surface area (Å²) in [5.41, 5.74) is 1.80. The van der Waals surface area contributed by atoms with Gasteiger partial charge in [-0.25, -0.2) is 4.98 Å². The molecule has 2 aromatic heterocycles. The highest BCUT2D eigenvalue weighted by Crippen LogP contribution is 2.20. The molecule has 2 aromatic rings. The van der Waals surface area contributed by atoms with E-state index in [1.54, 1.807) is 24.6 Å². The van der Waals surface area contributed by atoms with Gasteiger partial charge in [0.25, 0.3) is 0 Å². The van der Waals surface area contributed by atoms with Crippen molar-refractivity contribution in [1.82, 2.24) is 20.6 Å². The van der Waals surface area contributed by atoms with Crippen LogP contribution in [0.2, 0.25) is 0 Å². The van der Waals surface area contributed by atoms with Crippen molar-refractivity contribution in [1.29, 1.82) is 0 Å². The minimum Gasteiger partial charge on any atom is -0.358 e. The molecule has 0 aromatic carbocycles. The van der Waals surface area contributed by atoms with Crippen LogP contribution in [0.25, 0.3) is 10.7 Å². The van der Waals surface area contributed by atoms with E-state index < -0.39 is 0 Å². The van der Waals surface area contributed by atoms with Gasteiger partial charge in [-0.3, -0.25) is 9.78 Å². The van der Waals surface area contributed by atoms with Crippen LogP contribution in [0.4, 0.5) is 0 Å². The number of carbonyl (C=O) groups excluding carboxylic acids is 1. The highest BCUT2D eigenvalue weighted by atomic mass is 32.1. The number of amides is 1. The first-order valence-corrected chi connectivity index (χ1v) is 6.44. The van der Waals surface area contributed by atoms with Gasteiger partial charge in [0.1, 0.15) is 5.01 Å². The second-order valence-corrected chi connectivity index (χ2v) is 4.49. The van der Waals surface area contributed by atoms with Crippen molar-refractivity contribution >= 4 is 17.2 Å². The number of rotatable bonds is 5. The second-order valence-electron chi connectivity index (χ2n) is 3.64. The van der Waals surface area contributed by atoms with Crippen LogP contribution in [0.1, 0.15) is 5.69 Å². The molecule has 0 aliphatic carbocycles. The van der Waals surface area contributed by atoms with Gasteiger partial charge in [-0.15, -0.1) is 11.3 Å². The summed E-state index contributed by atoms with van der Waals surface area (Å²) in [5, 5.41) is 8.45. The smallest absolute Gasteiger partial charge is 0.233 e. The standard InChI is InChI=1S/C12H14N4OS/c1-13-11(17)7-14-6-9-8-18-12(16-9)10-4-2-3-5-15-10/h2-5,8,14H,6-7H2,1H3,(H,13,17). The van der Waals surface area contributed by atoms with Gasteiger partial charge in [0, 0.05) is 25.2 Å². The van der Waals surface area contributed by atoms with Crippen LogP contribution in [0.15, 0.2) is 29.8 Å². The number of carbonyl (C=O) groups is 1. The van der Waals surface area contributed by atoms with Gasteiger partial charge in [0.15, 0.2) is 0 Å². The molecule has 0 unspecified atom stereocenters. The zero-order valence-corrected chi connectivity index (χ0v) is 10.8. The fraction of sp³-hybridized carbons (Fsp3) is 0.250. The molecule has 2 heterocycles. The third-order valence-corrected chi connectivity index (χ3v) is 3.22. The Morgan fingerprint density at radius 3 is 3.06 bits per heavy atom. The van der Waals surface area contributed by atoms with Gasteiger partial charge in [-0.2, -0.15) is 0 Å². The molecule has 6 heteroatoms. The van der Waals surface area contributed by atoms with E-state index in [9.17, 15) is 4.79 Å². The number of aromatic nitrogens is 2. The van der Waals surface area contributed by atoms with Gasteiger partial charge in [-0.05, 0) is 12.1 Å². The molecule has 0 aliphatic rings. The number of nitrogens with zero attached hydrogens (tertiary/aromatic N) is 2. The van der Waals surface area contributed by atoms with Crippen LogP contribution in [0, 0.1) is 0 Å². The van der Waals surface area contributed by atoms with Crippen LogP contribution in [-0.2, 0) is 11.3 Å². The van der Waals surface area contributed by atoms with Crippen molar-refractivity contribution < 1.29 is 4.79 Å². The maximum atomic E-state index is 11.0. The summed E-state index contributed by atoms with van der Waals surface area (Å²) in [7, 11) is 1.62. The SMILES string of the molecule is CNC(=O)CNCc1csc(-c2ccccn2)n1. The van der Waals surface area contributed by atoms with E-state index in [-0.39, 0.29) is 5.91 Å². The minimum atomic E-state index is -0.0322. The van der Waals surface area contributed by atoms with Crippen molar-refractivity contribution in [3.8, 4) is 10.7 Å². The maximum Gasteiger partial charge on any atom is 0.233 e. The fourth-order valence-electron chi connectivity index (χ4n) is 1.39. The molecular weight excluding hydrogens is 248 g/mol. The molecular formula is C12H14N4OS. The number of nitrogens with one attached hydrogen (secondary N) is 2. The Kier molecular flexibility index (Phi) is 4.38. The van der Waals surface area contributed by atoms with Crippen LogP contribution in [-0.4, -0.2) is 29.5 Å². The molecule has 0 saturated heterocycles. The number of likely N-dealkylation sites (N-methyl/N-ethyl adjacent to an activating group) is 1. The maximum absolute atomic E-state index is 11.0. The Morgan fingerprint density at radius 1 is 1.44 bits per heavy atom. The first-order valence-electron chi connectivity index (χ1n) is 5.56. The minimum absolute atomic E-state index is 0.0322. The Hall–Kier alpha value is -1.79. The third kappa shape index (κ3) is 3.35. The third-order valence-electron chi connectivity index (χ3n) is 2.31. The number of hydrogen-bond donors (Lipinski definition) is 2. The topological polar surface area (TPSA) is 66.9 Å². The van der Waals surface area contributed by atoms with E-state index >= 15 is 0 Å². The van der Waals surface area contributed by atoms with Crippen LogP contribution < -0.4 is 10.6 Å². The number of thiazole rings is 1. The average molecular weight is 262 g/mol. The summed E-state index contributed by atoms with van der Waals surface area (Å²) in [4.78, 5) is 19.7. The lowest BCUT2D eigenvalue weighted by molar-refractivity contribution is -0.119. The van der Waals surface area contributed by atoms with Crippen molar-refractivity contribution in [2.45, 2.75) is 6.54 Å². The zero-order chi connectivity index (χ0) is 12.8. The molecule has 0 bridgehead atoms. The molecule has 2 rings (SSSR count). The van der Waals surface area contributed by atoms with Gasteiger partial charge in [0.05, 0.1) is 17.9 Å².